The Bertz CT molecular complexity index is 1260. The largest absolute Gasteiger partial charge is 0.490 e. The van der Waals surface area contributed by atoms with Gasteiger partial charge in [-0.3, -0.25) is 9.48 Å². The Morgan fingerprint density at radius 2 is 2.00 bits per heavy atom. The number of rotatable bonds is 6. The van der Waals surface area contributed by atoms with Crippen molar-refractivity contribution in [2.45, 2.75) is 25.4 Å². The number of carbonyl (C=O) groups is 1. The quantitative estimate of drug-likeness (QED) is 0.474. The maximum atomic E-state index is 12.9. The summed E-state index contributed by atoms with van der Waals surface area (Å²) in [6.45, 7) is 1.93. The van der Waals surface area contributed by atoms with Gasteiger partial charge in [0.15, 0.2) is 5.78 Å². The van der Waals surface area contributed by atoms with Crippen LogP contribution in [0.2, 0.25) is 0 Å². The smallest absolute Gasteiger partial charge is 0.170 e. The standard InChI is InChI=1S/C25H25N5O2/c1-30-16-20(15-28-30)17-5-6-19-14-27-25(29-23(19)12-17)13-24(31)18-3-2-4-22(11-18)32-21-7-9-26-10-8-21/h2-6,11-12,14-16,21,26H,7-10,13H2,1H3. The van der Waals surface area contributed by atoms with E-state index in [4.69, 9.17) is 4.74 Å². The minimum Gasteiger partial charge on any atom is -0.490 e. The number of Topliss-reactive ketones (excluding diaryl/α,β-unsaturated/α-hetero) is 1. The maximum Gasteiger partial charge on any atom is 0.170 e. The molecule has 162 valence electrons. The first kappa shape index (κ1) is 20.3. The molecule has 2 aromatic carbocycles. The second-order valence-electron chi connectivity index (χ2n) is 8.16. The van der Waals surface area contributed by atoms with Crippen molar-refractivity contribution >= 4 is 16.7 Å². The third-order valence-electron chi connectivity index (χ3n) is 5.73. The van der Waals surface area contributed by atoms with Gasteiger partial charge in [-0.25, -0.2) is 9.97 Å². The van der Waals surface area contributed by atoms with E-state index in [1.165, 1.54) is 0 Å². The van der Waals surface area contributed by atoms with Gasteiger partial charge in [0.05, 0.1) is 18.1 Å². The van der Waals surface area contributed by atoms with Crippen LogP contribution in [0.1, 0.15) is 29.0 Å². The number of ketones is 1. The van der Waals surface area contributed by atoms with Gasteiger partial charge in [0.1, 0.15) is 17.7 Å². The second kappa shape index (κ2) is 8.88. The van der Waals surface area contributed by atoms with Gasteiger partial charge in [-0.1, -0.05) is 24.3 Å². The molecule has 1 N–H and O–H groups in total. The SMILES string of the molecule is Cn1cc(-c2ccc3cnc(CC(=O)c4cccc(OC5CCNCC5)c4)nc3c2)cn1. The van der Waals surface area contributed by atoms with E-state index in [9.17, 15) is 4.79 Å². The van der Waals surface area contributed by atoms with Gasteiger partial charge in [0.2, 0.25) is 0 Å². The number of hydrogen-bond acceptors (Lipinski definition) is 6. The van der Waals surface area contributed by atoms with Crippen molar-refractivity contribution in [2.24, 2.45) is 7.05 Å². The summed E-state index contributed by atoms with van der Waals surface area (Å²) in [5, 5.41) is 8.50. The molecule has 0 radical (unpaired) electrons. The molecule has 2 aromatic heterocycles. The van der Waals surface area contributed by atoms with Crippen LogP contribution < -0.4 is 10.1 Å². The molecular formula is C25H25N5O2. The number of fused-ring (bicyclic) bond motifs is 1. The van der Waals surface area contributed by atoms with Crippen LogP contribution in [-0.4, -0.2) is 44.7 Å². The Hall–Kier alpha value is -3.58. The first-order valence-corrected chi connectivity index (χ1v) is 10.9. The van der Waals surface area contributed by atoms with Gasteiger partial charge in [-0.15, -0.1) is 0 Å². The highest BCUT2D eigenvalue weighted by Gasteiger charge is 2.16. The zero-order valence-electron chi connectivity index (χ0n) is 18.0. The summed E-state index contributed by atoms with van der Waals surface area (Å²) in [7, 11) is 1.89. The number of aromatic nitrogens is 4. The molecule has 0 amide bonds. The summed E-state index contributed by atoms with van der Waals surface area (Å²) >= 11 is 0. The van der Waals surface area contributed by atoms with Crippen molar-refractivity contribution in [3.8, 4) is 16.9 Å². The Labute approximate surface area is 186 Å². The fraction of sp³-hybridized carbons (Fsp3) is 0.280. The molecule has 0 unspecified atom stereocenters. The van der Waals surface area contributed by atoms with Crippen LogP contribution in [0.15, 0.2) is 61.1 Å². The molecular weight excluding hydrogens is 402 g/mol. The fourth-order valence-corrected chi connectivity index (χ4v) is 3.99. The average Bonchev–Trinajstić information content (AvgIpc) is 3.26. The van der Waals surface area contributed by atoms with Crippen LogP contribution >= 0.6 is 0 Å². The summed E-state index contributed by atoms with van der Waals surface area (Å²) in [6, 6.07) is 13.4. The monoisotopic (exact) mass is 427 g/mol. The highest BCUT2D eigenvalue weighted by atomic mass is 16.5. The van der Waals surface area contributed by atoms with Crippen molar-refractivity contribution in [1.82, 2.24) is 25.1 Å². The van der Waals surface area contributed by atoms with Crippen LogP contribution in [-0.2, 0) is 13.5 Å². The van der Waals surface area contributed by atoms with Crippen LogP contribution in [0.4, 0.5) is 0 Å². The zero-order chi connectivity index (χ0) is 21.9. The molecule has 32 heavy (non-hydrogen) atoms. The summed E-state index contributed by atoms with van der Waals surface area (Å²) in [4.78, 5) is 22.0. The van der Waals surface area contributed by atoms with Crippen LogP contribution in [0.5, 0.6) is 5.75 Å². The third kappa shape index (κ3) is 4.53. The molecule has 3 heterocycles. The zero-order valence-corrected chi connectivity index (χ0v) is 18.0. The predicted octanol–water partition coefficient (Wildman–Crippen LogP) is 3.59. The lowest BCUT2D eigenvalue weighted by molar-refractivity contribution is 0.0989. The highest BCUT2D eigenvalue weighted by molar-refractivity contribution is 5.97. The number of hydrogen-bond donors (Lipinski definition) is 1. The van der Waals surface area contributed by atoms with Crippen molar-refractivity contribution in [2.75, 3.05) is 13.1 Å². The third-order valence-corrected chi connectivity index (χ3v) is 5.73. The minimum atomic E-state index is -0.0245. The Morgan fingerprint density at radius 1 is 1.12 bits per heavy atom. The van der Waals surface area contributed by atoms with Gasteiger partial charge in [-0.05, 0) is 49.7 Å². The topological polar surface area (TPSA) is 81.9 Å². The molecule has 4 aromatic rings. The van der Waals surface area contributed by atoms with E-state index >= 15 is 0 Å². The van der Waals surface area contributed by atoms with Gasteiger partial charge in [0, 0.05) is 36.0 Å². The van der Waals surface area contributed by atoms with E-state index in [0.717, 1.165) is 53.7 Å². The Kier molecular flexibility index (Phi) is 5.64. The number of aryl methyl sites for hydroxylation is 1. The van der Waals surface area contributed by atoms with Gasteiger partial charge >= 0.3 is 0 Å². The van der Waals surface area contributed by atoms with Crippen LogP contribution in [0.3, 0.4) is 0 Å². The first-order chi connectivity index (χ1) is 15.6. The lowest BCUT2D eigenvalue weighted by Gasteiger charge is -2.24. The highest BCUT2D eigenvalue weighted by Crippen LogP contribution is 2.23. The van der Waals surface area contributed by atoms with Crippen molar-refractivity contribution in [1.29, 1.82) is 0 Å². The van der Waals surface area contributed by atoms with E-state index in [-0.39, 0.29) is 18.3 Å². The van der Waals surface area contributed by atoms with Crippen molar-refractivity contribution in [3.05, 3.63) is 72.4 Å². The van der Waals surface area contributed by atoms with Gasteiger partial charge < -0.3 is 10.1 Å². The van der Waals surface area contributed by atoms with Crippen LogP contribution in [0, 0.1) is 0 Å². The number of benzene rings is 2. The molecule has 0 atom stereocenters. The molecule has 0 bridgehead atoms. The Balaban J connectivity index is 1.33. The number of carbonyl (C=O) groups excluding carboxylic acids is 1. The summed E-state index contributed by atoms with van der Waals surface area (Å²) in [5.41, 5.74) is 3.48. The first-order valence-electron chi connectivity index (χ1n) is 10.9. The van der Waals surface area contributed by atoms with Crippen molar-refractivity contribution < 1.29 is 9.53 Å². The average molecular weight is 428 g/mol. The van der Waals surface area contributed by atoms with Gasteiger partial charge in [-0.2, -0.15) is 5.10 Å². The molecule has 1 saturated heterocycles. The lowest BCUT2D eigenvalue weighted by atomic mass is 10.1. The van der Waals surface area contributed by atoms with Crippen LogP contribution in [0.25, 0.3) is 22.0 Å². The molecule has 0 aliphatic carbocycles. The van der Waals surface area contributed by atoms with E-state index in [1.54, 1.807) is 10.9 Å². The summed E-state index contributed by atoms with van der Waals surface area (Å²) in [5.74, 6) is 1.22. The summed E-state index contributed by atoms with van der Waals surface area (Å²) in [6.07, 6.45) is 7.85. The van der Waals surface area contributed by atoms with Gasteiger partial charge in [0.25, 0.3) is 0 Å². The minimum absolute atomic E-state index is 0.0245. The molecule has 7 heteroatoms. The number of ether oxygens (including phenoxy) is 1. The fourth-order valence-electron chi connectivity index (χ4n) is 3.99. The predicted molar refractivity (Wildman–Crippen MR) is 123 cm³/mol. The number of piperidine rings is 1. The summed E-state index contributed by atoms with van der Waals surface area (Å²) < 4.78 is 7.85. The maximum absolute atomic E-state index is 12.9. The number of nitrogens with zero attached hydrogens (tertiary/aromatic N) is 4. The Morgan fingerprint density at radius 3 is 2.81 bits per heavy atom. The molecule has 0 spiro atoms. The van der Waals surface area contributed by atoms with E-state index in [2.05, 4.69) is 20.4 Å². The second-order valence-corrected chi connectivity index (χ2v) is 8.16. The van der Waals surface area contributed by atoms with E-state index in [0.29, 0.717) is 11.4 Å². The van der Waals surface area contributed by atoms with Crippen molar-refractivity contribution in [3.63, 3.8) is 0 Å². The normalized spacial score (nSPS) is 14.5. The molecule has 0 saturated carbocycles. The molecule has 1 fully saturated rings. The molecule has 1 aliphatic rings. The molecule has 5 rings (SSSR count). The lowest BCUT2D eigenvalue weighted by Crippen LogP contribution is -2.34. The molecule has 1 aliphatic heterocycles. The molecule has 7 nitrogen and oxygen atoms in total. The number of nitrogens with one attached hydrogen (secondary N) is 1. The van der Waals surface area contributed by atoms with E-state index < -0.39 is 0 Å². The van der Waals surface area contributed by atoms with E-state index in [1.807, 2.05) is 61.9 Å².